The van der Waals surface area contributed by atoms with Gasteiger partial charge in [-0.05, 0) is 55.9 Å². The number of nitrogens with one attached hydrogen (secondary N) is 1. The van der Waals surface area contributed by atoms with E-state index in [0.717, 1.165) is 6.54 Å². The van der Waals surface area contributed by atoms with Gasteiger partial charge in [0, 0.05) is 12.6 Å². The lowest BCUT2D eigenvalue weighted by molar-refractivity contribution is 0.537. The summed E-state index contributed by atoms with van der Waals surface area (Å²) in [4.78, 5) is 0. The molecule has 1 rings (SSSR count). The molecule has 1 N–H and O–H groups in total. The summed E-state index contributed by atoms with van der Waals surface area (Å²) in [7, 11) is 0. The molecule has 0 amide bonds. The first-order chi connectivity index (χ1) is 7.63. The number of hydrogen-bond acceptors (Lipinski definition) is 2. The van der Waals surface area contributed by atoms with E-state index in [9.17, 15) is 0 Å². The molecule has 90 valence electrons. The van der Waals surface area contributed by atoms with Crippen LogP contribution >= 0.6 is 11.8 Å². The van der Waals surface area contributed by atoms with Crippen LogP contribution in [0.15, 0.2) is 18.2 Å². The van der Waals surface area contributed by atoms with Gasteiger partial charge < -0.3 is 5.32 Å². The predicted molar refractivity (Wildman–Crippen MR) is 75.2 cm³/mol. The standard InChI is InChI=1S/C14H23NS/c1-11-5-6-14(9-12(11)2)10-15-13(3)7-8-16-4/h5-6,9,13,15H,7-8,10H2,1-4H3. The summed E-state index contributed by atoms with van der Waals surface area (Å²) in [6, 6.07) is 7.31. The van der Waals surface area contributed by atoms with E-state index in [1.54, 1.807) is 0 Å². The molecule has 1 atom stereocenters. The molecule has 1 unspecified atom stereocenters. The number of rotatable bonds is 6. The van der Waals surface area contributed by atoms with E-state index < -0.39 is 0 Å². The molecular weight excluding hydrogens is 214 g/mol. The minimum Gasteiger partial charge on any atom is -0.310 e. The van der Waals surface area contributed by atoms with Gasteiger partial charge >= 0.3 is 0 Å². The Morgan fingerprint density at radius 1 is 1.25 bits per heavy atom. The van der Waals surface area contributed by atoms with Gasteiger partial charge in [-0.3, -0.25) is 0 Å². The number of benzene rings is 1. The second kappa shape index (κ2) is 6.97. The van der Waals surface area contributed by atoms with Gasteiger partial charge in [-0.25, -0.2) is 0 Å². The zero-order chi connectivity index (χ0) is 12.0. The van der Waals surface area contributed by atoms with Crippen LogP contribution in [0.4, 0.5) is 0 Å². The molecule has 1 nitrogen and oxygen atoms in total. The van der Waals surface area contributed by atoms with Crippen molar-refractivity contribution in [3.8, 4) is 0 Å². The van der Waals surface area contributed by atoms with Gasteiger partial charge in [0.1, 0.15) is 0 Å². The minimum absolute atomic E-state index is 0.606. The third kappa shape index (κ3) is 4.58. The molecule has 1 aromatic rings. The molecule has 0 spiro atoms. The predicted octanol–water partition coefficient (Wildman–Crippen LogP) is 3.53. The van der Waals surface area contributed by atoms with E-state index >= 15 is 0 Å². The molecule has 0 aromatic heterocycles. The maximum absolute atomic E-state index is 3.57. The third-order valence-corrected chi connectivity index (χ3v) is 3.62. The second-order valence-electron chi connectivity index (χ2n) is 4.48. The molecule has 1 aromatic carbocycles. The van der Waals surface area contributed by atoms with Crippen LogP contribution in [-0.4, -0.2) is 18.1 Å². The lowest BCUT2D eigenvalue weighted by Gasteiger charge is -2.13. The quantitative estimate of drug-likeness (QED) is 0.812. The van der Waals surface area contributed by atoms with Crippen LogP contribution in [0.25, 0.3) is 0 Å². The molecule has 0 aliphatic rings. The molecule has 0 saturated carbocycles. The van der Waals surface area contributed by atoms with E-state index in [2.05, 4.69) is 50.5 Å². The Balaban J connectivity index is 2.39. The zero-order valence-electron chi connectivity index (χ0n) is 10.8. The number of thioether (sulfide) groups is 1. The Labute approximate surface area is 104 Å². The van der Waals surface area contributed by atoms with Gasteiger partial charge in [-0.1, -0.05) is 18.2 Å². The number of hydrogen-bond donors (Lipinski definition) is 1. The maximum Gasteiger partial charge on any atom is 0.0208 e. The highest BCUT2D eigenvalue weighted by Gasteiger charge is 2.01. The van der Waals surface area contributed by atoms with E-state index in [4.69, 9.17) is 0 Å². The lowest BCUT2D eigenvalue weighted by Crippen LogP contribution is -2.26. The molecule has 0 heterocycles. The molecular formula is C14H23NS. The van der Waals surface area contributed by atoms with Crippen molar-refractivity contribution in [2.45, 2.75) is 39.8 Å². The average Bonchev–Trinajstić information content (AvgIpc) is 2.28. The molecule has 0 radical (unpaired) electrons. The fraction of sp³-hybridized carbons (Fsp3) is 0.571. The summed E-state index contributed by atoms with van der Waals surface area (Å²) < 4.78 is 0. The summed E-state index contributed by atoms with van der Waals surface area (Å²) in [5, 5.41) is 3.57. The van der Waals surface area contributed by atoms with Crippen LogP contribution in [0.1, 0.15) is 30.0 Å². The molecule has 0 fully saturated rings. The third-order valence-electron chi connectivity index (χ3n) is 2.98. The van der Waals surface area contributed by atoms with Crippen molar-refractivity contribution >= 4 is 11.8 Å². The summed E-state index contributed by atoms with van der Waals surface area (Å²) >= 11 is 1.92. The van der Waals surface area contributed by atoms with Crippen molar-refractivity contribution in [3.05, 3.63) is 34.9 Å². The highest BCUT2D eigenvalue weighted by Crippen LogP contribution is 2.10. The zero-order valence-corrected chi connectivity index (χ0v) is 11.7. The van der Waals surface area contributed by atoms with Crippen LogP contribution in [0.3, 0.4) is 0 Å². The lowest BCUT2D eigenvalue weighted by atomic mass is 10.1. The molecule has 2 heteroatoms. The first kappa shape index (κ1) is 13.6. The molecule has 0 saturated heterocycles. The van der Waals surface area contributed by atoms with Crippen LogP contribution in [0.5, 0.6) is 0 Å². The number of aryl methyl sites for hydroxylation is 2. The van der Waals surface area contributed by atoms with E-state index in [1.807, 2.05) is 11.8 Å². The largest absolute Gasteiger partial charge is 0.310 e. The van der Waals surface area contributed by atoms with Gasteiger partial charge in [0.15, 0.2) is 0 Å². The van der Waals surface area contributed by atoms with Crippen molar-refractivity contribution < 1.29 is 0 Å². The first-order valence-electron chi connectivity index (χ1n) is 5.92. The van der Waals surface area contributed by atoms with Crippen LogP contribution in [-0.2, 0) is 6.54 Å². The van der Waals surface area contributed by atoms with Crippen LogP contribution in [0, 0.1) is 13.8 Å². The van der Waals surface area contributed by atoms with Crippen molar-refractivity contribution in [2.24, 2.45) is 0 Å². The van der Waals surface area contributed by atoms with Crippen LogP contribution < -0.4 is 5.32 Å². The molecule has 0 aliphatic carbocycles. The van der Waals surface area contributed by atoms with Gasteiger partial charge in [-0.15, -0.1) is 0 Å². The fourth-order valence-corrected chi connectivity index (χ4v) is 2.19. The Bertz CT molecular complexity index is 323. The summed E-state index contributed by atoms with van der Waals surface area (Å²) in [6.45, 7) is 7.58. The maximum atomic E-state index is 3.57. The molecule has 0 bridgehead atoms. The van der Waals surface area contributed by atoms with E-state index in [-0.39, 0.29) is 0 Å². The Morgan fingerprint density at radius 3 is 2.62 bits per heavy atom. The highest BCUT2D eigenvalue weighted by atomic mass is 32.2. The summed E-state index contributed by atoms with van der Waals surface area (Å²) in [6.07, 6.45) is 3.40. The SMILES string of the molecule is CSCCC(C)NCc1ccc(C)c(C)c1. The molecule has 16 heavy (non-hydrogen) atoms. The smallest absolute Gasteiger partial charge is 0.0208 e. The topological polar surface area (TPSA) is 12.0 Å². The van der Waals surface area contributed by atoms with Crippen molar-refractivity contribution in [1.29, 1.82) is 0 Å². The Morgan fingerprint density at radius 2 is 2.00 bits per heavy atom. The van der Waals surface area contributed by atoms with E-state index in [1.165, 1.54) is 28.9 Å². The van der Waals surface area contributed by atoms with Gasteiger partial charge in [0.05, 0.1) is 0 Å². The monoisotopic (exact) mass is 237 g/mol. The Kier molecular flexibility index (Phi) is 5.93. The van der Waals surface area contributed by atoms with Crippen molar-refractivity contribution in [1.82, 2.24) is 5.32 Å². The molecule has 0 aliphatic heterocycles. The first-order valence-corrected chi connectivity index (χ1v) is 7.31. The fourth-order valence-electron chi connectivity index (χ4n) is 1.60. The van der Waals surface area contributed by atoms with E-state index in [0.29, 0.717) is 6.04 Å². The van der Waals surface area contributed by atoms with Gasteiger partial charge in [0.2, 0.25) is 0 Å². The average molecular weight is 237 g/mol. The normalized spacial score (nSPS) is 12.8. The van der Waals surface area contributed by atoms with Gasteiger partial charge in [-0.2, -0.15) is 11.8 Å². The van der Waals surface area contributed by atoms with Crippen molar-refractivity contribution in [3.63, 3.8) is 0 Å². The Hall–Kier alpha value is -0.470. The van der Waals surface area contributed by atoms with Crippen molar-refractivity contribution in [2.75, 3.05) is 12.0 Å². The summed E-state index contributed by atoms with van der Waals surface area (Å²) in [5.74, 6) is 1.24. The van der Waals surface area contributed by atoms with Gasteiger partial charge in [0.25, 0.3) is 0 Å². The highest BCUT2D eigenvalue weighted by molar-refractivity contribution is 7.98. The summed E-state index contributed by atoms with van der Waals surface area (Å²) in [5.41, 5.74) is 4.15. The minimum atomic E-state index is 0.606. The second-order valence-corrected chi connectivity index (χ2v) is 5.47. The van der Waals surface area contributed by atoms with Crippen LogP contribution in [0.2, 0.25) is 0 Å².